The average Bonchev–Trinajstić information content (AvgIpc) is 2.51. The number of hydrogen-bond acceptors (Lipinski definition) is 4. The first-order chi connectivity index (χ1) is 11.0. The Balaban J connectivity index is 2.08. The molecule has 4 nitrogen and oxygen atoms in total. The molecule has 23 heavy (non-hydrogen) atoms. The molecule has 116 valence electrons. The Morgan fingerprint density at radius 2 is 1.87 bits per heavy atom. The van der Waals surface area contributed by atoms with E-state index in [1.807, 2.05) is 31.2 Å². The number of nitrogens with two attached hydrogens (primary N) is 1. The molecule has 0 saturated carbocycles. The van der Waals surface area contributed by atoms with Gasteiger partial charge in [-0.1, -0.05) is 24.3 Å². The van der Waals surface area contributed by atoms with Gasteiger partial charge >= 0.3 is 0 Å². The first-order valence-corrected chi connectivity index (χ1v) is 7.16. The van der Waals surface area contributed by atoms with Gasteiger partial charge in [-0.05, 0) is 48.7 Å². The Bertz CT molecular complexity index is 865. The van der Waals surface area contributed by atoms with E-state index in [0.29, 0.717) is 28.3 Å². The second kappa shape index (κ2) is 6.04. The number of benzene rings is 2. The molecule has 0 bridgehead atoms. The summed E-state index contributed by atoms with van der Waals surface area (Å²) in [5.41, 5.74) is 8.65. The molecule has 1 heterocycles. The maximum Gasteiger partial charge on any atom is 0.232 e. The fraction of sp³-hybridized carbons (Fsp3) is 0.111. The predicted octanol–water partition coefficient (Wildman–Crippen LogP) is 4.27. The summed E-state index contributed by atoms with van der Waals surface area (Å²) >= 11 is 0. The molecule has 5 heteroatoms. The van der Waals surface area contributed by atoms with E-state index in [9.17, 15) is 4.39 Å². The number of nitrogens with zero attached hydrogens (tertiary/aromatic N) is 2. The normalized spacial score (nSPS) is 10.6. The smallest absolute Gasteiger partial charge is 0.232 e. The molecule has 0 fully saturated rings. The zero-order chi connectivity index (χ0) is 16.4. The van der Waals surface area contributed by atoms with Crippen LogP contribution in [0, 0.1) is 19.7 Å². The van der Waals surface area contributed by atoms with Gasteiger partial charge in [-0.2, -0.15) is 0 Å². The molecule has 2 N–H and O–H groups in total. The summed E-state index contributed by atoms with van der Waals surface area (Å²) in [6.45, 7) is 3.67. The van der Waals surface area contributed by atoms with Crippen molar-refractivity contribution in [2.24, 2.45) is 0 Å². The Morgan fingerprint density at radius 3 is 2.61 bits per heavy atom. The lowest BCUT2D eigenvalue weighted by atomic mass is 10.1. The van der Waals surface area contributed by atoms with Gasteiger partial charge in [0.15, 0.2) is 0 Å². The Morgan fingerprint density at radius 1 is 1.04 bits per heavy atom. The van der Waals surface area contributed by atoms with Gasteiger partial charge in [-0.25, -0.2) is 14.4 Å². The van der Waals surface area contributed by atoms with Crippen molar-refractivity contribution in [2.45, 2.75) is 13.8 Å². The van der Waals surface area contributed by atoms with Crippen LogP contribution in [-0.4, -0.2) is 9.97 Å². The first kappa shape index (κ1) is 15.0. The van der Waals surface area contributed by atoms with Gasteiger partial charge in [0.25, 0.3) is 0 Å². The van der Waals surface area contributed by atoms with Crippen molar-refractivity contribution in [3.8, 4) is 22.8 Å². The lowest BCUT2D eigenvalue weighted by molar-refractivity contribution is 0.463. The van der Waals surface area contributed by atoms with E-state index in [0.717, 1.165) is 5.56 Å². The SMILES string of the molecule is Cc1cccc(Oc2ncnc(N)c2-c2ccc(C)c(F)c2)c1. The quantitative estimate of drug-likeness (QED) is 0.784. The first-order valence-electron chi connectivity index (χ1n) is 7.16. The topological polar surface area (TPSA) is 61.0 Å². The van der Waals surface area contributed by atoms with Crippen LogP contribution in [0.15, 0.2) is 48.8 Å². The van der Waals surface area contributed by atoms with Gasteiger partial charge in [0.2, 0.25) is 5.88 Å². The number of hydrogen-bond donors (Lipinski definition) is 1. The number of aromatic nitrogens is 2. The number of anilines is 1. The minimum absolute atomic E-state index is 0.242. The summed E-state index contributed by atoms with van der Waals surface area (Å²) in [7, 11) is 0. The molecule has 0 spiro atoms. The Hall–Kier alpha value is -2.95. The van der Waals surface area contributed by atoms with Crippen LogP contribution >= 0.6 is 0 Å². The second-order valence-corrected chi connectivity index (χ2v) is 5.32. The van der Waals surface area contributed by atoms with Gasteiger partial charge < -0.3 is 10.5 Å². The van der Waals surface area contributed by atoms with Crippen molar-refractivity contribution >= 4 is 5.82 Å². The van der Waals surface area contributed by atoms with Crippen molar-refractivity contribution in [3.63, 3.8) is 0 Å². The highest BCUT2D eigenvalue weighted by atomic mass is 19.1. The monoisotopic (exact) mass is 309 g/mol. The predicted molar refractivity (Wildman–Crippen MR) is 87.8 cm³/mol. The zero-order valence-electron chi connectivity index (χ0n) is 12.9. The zero-order valence-corrected chi connectivity index (χ0v) is 12.9. The highest BCUT2D eigenvalue weighted by Crippen LogP contribution is 2.35. The van der Waals surface area contributed by atoms with Crippen molar-refractivity contribution < 1.29 is 9.13 Å². The molecule has 3 aromatic rings. The molecule has 0 aliphatic rings. The van der Waals surface area contributed by atoms with E-state index >= 15 is 0 Å². The molecule has 0 aliphatic heterocycles. The molecule has 0 atom stereocenters. The number of ether oxygens (including phenoxy) is 1. The van der Waals surface area contributed by atoms with Crippen LogP contribution in [-0.2, 0) is 0 Å². The second-order valence-electron chi connectivity index (χ2n) is 5.32. The van der Waals surface area contributed by atoms with Crippen molar-refractivity contribution in [2.75, 3.05) is 5.73 Å². The fourth-order valence-corrected chi connectivity index (χ4v) is 2.27. The van der Waals surface area contributed by atoms with E-state index in [1.54, 1.807) is 19.1 Å². The van der Waals surface area contributed by atoms with Crippen LogP contribution < -0.4 is 10.5 Å². The van der Waals surface area contributed by atoms with Gasteiger partial charge in [0.05, 0.1) is 5.56 Å². The van der Waals surface area contributed by atoms with Crippen LogP contribution in [0.2, 0.25) is 0 Å². The summed E-state index contributed by atoms with van der Waals surface area (Å²) < 4.78 is 19.7. The summed E-state index contributed by atoms with van der Waals surface area (Å²) in [5, 5.41) is 0. The van der Waals surface area contributed by atoms with Crippen LogP contribution in [0.4, 0.5) is 10.2 Å². The van der Waals surface area contributed by atoms with Gasteiger partial charge in [-0.15, -0.1) is 0 Å². The summed E-state index contributed by atoms with van der Waals surface area (Å²) in [5.74, 6) is 0.862. The molecule has 0 saturated heterocycles. The number of aryl methyl sites for hydroxylation is 2. The number of nitrogen functional groups attached to an aromatic ring is 1. The highest BCUT2D eigenvalue weighted by molar-refractivity contribution is 5.78. The van der Waals surface area contributed by atoms with Gasteiger partial charge in [0.1, 0.15) is 23.7 Å². The van der Waals surface area contributed by atoms with Crippen LogP contribution in [0.5, 0.6) is 11.6 Å². The molecule has 0 amide bonds. The maximum atomic E-state index is 13.9. The van der Waals surface area contributed by atoms with Crippen molar-refractivity contribution in [1.82, 2.24) is 9.97 Å². The van der Waals surface area contributed by atoms with Crippen LogP contribution in [0.25, 0.3) is 11.1 Å². The molecule has 1 aromatic heterocycles. The Kier molecular flexibility index (Phi) is 3.93. The van der Waals surface area contributed by atoms with Gasteiger partial charge in [-0.3, -0.25) is 0 Å². The molecular weight excluding hydrogens is 293 g/mol. The summed E-state index contributed by atoms with van der Waals surface area (Å²) in [4.78, 5) is 8.15. The van der Waals surface area contributed by atoms with E-state index in [2.05, 4.69) is 9.97 Å². The maximum absolute atomic E-state index is 13.9. The number of halogens is 1. The minimum Gasteiger partial charge on any atom is -0.438 e. The largest absolute Gasteiger partial charge is 0.438 e. The number of rotatable bonds is 3. The third kappa shape index (κ3) is 3.13. The van der Waals surface area contributed by atoms with E-state index in [1.165, 1.54) is 12.4 Å². The standard InChI is InChI=1S/C18H16FN3O/c1-11-4-3-5-14(8-11)23-18-16(17(20)21-10-22-18)13-7-6-12(2)15(19)9-13/h3-10H,1-2H3,(H2,20,21,22). The van der Waals surface area contributed by atoms with E-state index in [-0.39, 0.29) is 11.6 Å². The summed E-state index contributed by atoms with van der Waals surface area (Å²) in [6.07, 6.45) is 1.33. The van der Waals surface area contributed by atoms with Gasteiger partial charge in [0, 0.05) is 0 Å². The molecule has 0 radical (unpaired) electrons. The molecule has 2 aromatic carbocycles. The lowest BCUT2D eigenvalue weighted by Crippen LogP contribution is -2.00. The van der Waals surface area contributed by atoms with E-state index < -0.39 is 0 Å². The molecule has 0 aliphatic carbocycles. The average molecular weight is 309 g/mol. The fourth-order valence-electron chi connectivity index (χ4n) is 2.27. The minimum atomic E-state index is -0.313. The van der Waals surface area contributed by atoms with Crippen LogP contribution in [0.1, 0.15) is 11.1 Å². The van der Waals surface area contributed by atoms with E-state index in [4.69, 9.17) is 10.5 Å². The summed E-state index contributed by atoms with van der Waals surface area (Å²) in [6, 6.07) is 12.4. The molecule has 3 rings (SSSR count). The lowest BCUT2D eigenvalue weighted by Gasteiger charge is -2.12. The third-order valence-electron chi connectivity index (χ3n) is 3.51. The molecule has 0 unspecified atom stereocenters. The van der Waals surface area contributed by atoms with Crippen molar-refractivity contribution in [3.05, 3.63) is 65.7 Å². The third-order valence-corrected chi connectivity index (χ3v) is 3.51. The van der Waals surface area contributed by atoms with Crippen LogP contribution in [0.3, 0.4) is 0 Å². The van der Waals surface area contributed by atoms with Crippen molar-refractivity contribution in [1.29, 1.82) is 0 Å². The molecular formula is C18H16FN3O. The Labute approximate surface area is 133 Å². The highest BCUT2D eigenvalue weighted by Gasteiger charge is 2.15.